The average Bonchev–Trinajstić information content (AvgIpc) is 1.75. The Hall–Kier alpha value is -10.4. The summed E-state index contributed by atoms with van der Waals surface area (Å²) in [4.78, 5) is 125. The minimum atomic E-state index is -0.713. The molecule has 0 radical (unpaired) electrons. The lowest BCUT2D eigenvalue weighted by atomic mass is 9.96. The van der Waals surface area contributed by atoms with Crippen molar-refractivity contribution in [3.63, 3.8) is 0 Å². The first-order chi connectivity index (χ1) is 55.7. The highest BCUT2D eigenvalue weighted by Gasteiger charge is 2.21. The summed E-state index contributed by atoms with van der Waals surface area (Å²) in [6, 6.07) is 20.6. The van der Waals surface area contributed by atoms with Crippen LogP contribution in [-0.2, 0) is 59.2 Å². The number of amides is 8. The third kappa shape index (κ3) is 112. The van der Waals surface area contributed by atoms with Crippen LogP contribution >= 0.6 is 0 Å². The molecule has 3 heterocycles. The van der Waals surface area contributed by atoms with Crippen LogP contribution in [0.15, 0.2) is 79.1 Å². The van der Waals surface area contributed by atoms with E-state index >= 15 is 0 Å². The number of nitrogens with one attached hydrogen (secondary N) is 9. The van der Waals surface area contributed by atoms with Gasteiger partial charge in [0.15, 0.2) is 0 Å². The molecule has 1 aromatic carbocycles. The smallest absolute Gasteiger partial charge is 0.411 e. The van der Waals surface area contributed by atoms with Crippen LogP contribution < -0.4 is 43.0 Å². The van der Waals surface area contributed by atoms with Gasteiger partial charge in [0.2, 0.25) is 0 Å². The molecule has 0 atom stereocenters. The van der Waals surface area contributed by atoms with E-state index in [0.717, 1.165) is 43.5 Å². The molecular formula is C99H203N11O22. The maximum Gasteiger partial charge on any atom is 0.411 e. The summed E-state index contributed by atoms with van der Waals surface area (Å²) in [5, 5.41) is 18.8. The number of alkyl carbamates (subject to hydrolysis) is 6. The SMILES string of the molecule is C.C.C.C.C.C.C.C.C.C.C.C.CC(C)NC(=O)OC(C)C.CC(C)OC(=O)NC(C)(C)C.CC(C)OC(=O)NC1CCCC1.CC(C)OC(=O)NC1CCCCC1.CC(C)OC(=O)Nc1ccccc1.CC(C)OC(=O)c1ccc[nH]1.CC(C)OC(=O)c1cccn1C.CC(C)OC(N)=O.CCCNC(=O)OC(C)C.CCNC(=O)OC(C)C.Cc1ccc(C(=O)OC(C)C)[nH]1. The van der Waals surface area contributed by atoms with Gasteiger partial charge in [0, 0.05) is 67.6 Å². The summed E-state index contributed by atoms with van der Waals surface area (Å²) < 4.78 is 55.1. The van der Waals surface area contributed by atoms with Gasteiger partial charge in [-0.15, -0.1) is 0 Å². The highest BCUT2D eigenvalue weighted by Crippen LogP contribution is 2.19. The van der Waals surface area contributed by atoms with Crippen LogP contribution in [0, 0.1) is 6.92 Å². The normalized spacial score (nSPS) is 10.8. The molecule has 33 heteroatoms. The summed E-state index contributed by atoms with van der Waals surface area (Å²) in [7, 11) is 1.82. The Bertz CT molecular complexity index is 3320. The number of hydrogen-bond acceptors (Lipinski definition) is 22. The van der Waals surface area contributed by atoms with Crippen LogP contribution in [0.5, 0.6) is 0 Å². The largest absolute Gasteiger partial charge is 0.458 e. The third-order valence-corrected chi connectivity index (χ3v) is 13.2. The van der Waals surface area contributed by atoms with E-state index < -0.39 is 12.2 Å². The number of H-pyrrole nitrogens is 2. The van der Waals surface area contributed by atoms with Crippen molar-refractivity contribution in [2.45, 2.75) is 452 Å². The molecule has 0 bridgehead atoms. The number of aryl methyl sites for hydroxylation is 2. The number of esters is 3. The molecule has 2 aliphatic carbocycles. The van der Waals surface area contributed by atoms with Crippen molar-refractivity contribution in [1.29, 1.82) is 0 Å². The lowest BCUT2D eigenvalue weighted by Crippen LogP contribution is -2.41. The zero-order valence-electron chi connectivity index (χ0n) is 78.1. The first kappa shape index (κ1) is 162. The van der Waals surface area contributed by atoms with Gasteiger partial charge in [0.25, 0.3) is 0 Å². The van der Waals surface area contributed by atoms with Crippen molar-refractivity contribution in [1.82, 2.24) is 46.4 Å². The highest BCUT2D eigenvalue weighted by molar-refractivity contribution is 5.89. The van der Waals surface area contributed by atoms with E-state index in [1.165, 1.54) is 32.1 Å². The Morgan fingerprint density at radius 1 is 0.394 bits per heavy atom. The van der Waals surface area contributed by atoms with E-state index in [1.807, 2.05) is 250 Å². The lowest BCUT2D eigenvalue weighted by molar-refractivity contribution is 0.0357. The highest BCUT2D eigenvalue weighted by atomic mass is 16.6. The predicted octanol–water partition coefficient (Wildman–Crippen LogP) is 26.5. The molecular weight excluding hydrogens is 1700 g/mol. The number of para-hydroxylation sites is 1. The van der Waals surface area contributed by atoms with Gasteiger partial charge in [-0.1, -0.05) is 146 Å². The molecule has 0 saturated heterocycles. The molecule has 33 nitrogen and oxygen atoms in total. The van der Waals surface area contributed by atoms with Crippen LogP contribution in [0.4, 0.5) is 44.0 Å². The number of anilines is 1. The van der Waals surface area contributed by atoms with Crippen molar-refractivity contribution in [2.75, 3.05) is 18.4 Å². The number of aromatic nitrogens is 3. The Morgan fingerprint density at radius 2 is 0.742 bits per heavy atom. The lowest BCUT2D eigenvalue weighted by Gasteiger charge is -2.22. The maximum atomic E-state index is 11.3. The summed E-state index contributed by atoms with van der Waals surface area (Å²) in [6.45, 7) is 56.6. The van der Waals surface area contributed by atoms with Gasteiger partial charge in [0.05, 0.1) is 67.1 Å². The predicted molar refractivity (Wildman–Crippen MR) is 550 cm³/mol. The van der Waals surface area contributed by atoms with E-state index in [-0.39, 0.29) is 222 Å². The van der Waals surface area contributed by atoms with Crippen molar-refractivity contribution in [2.24, 2.45) is 12.8 Å². The molecule has 4 aromatic rings. The molecule has 2 aliphatic rings. The molecule has 3 aromatic heterocycles. The fraction of sp³-hybridized carbons (Fsp3) is 0.707. The molecule has 786 valence electrons. The Kier molecular flexibility index (Phi) is 118. The quantitative estimate of drug-likeness (QED) is 0.0274. The second-order valence-electron chi connectivity index (χ2n) is 31.4. The standard InChI is InChI=1S/C10H19NO2.C10H13NO2.2C9H13NO2.C9H17NO2.C8H11NO2.C8H17NO2.2C7H15NO2.C6H13NO2.C4H9NO2.12CH4/c2*1-8(2)13-10(12)11-9-6-4-3-5-7-9;1-7(2)12-9(11)8-5-4-6-10(8)3;1-6(2)12-9(11)8-5-4-7(3)10-8;1-7(2)12-9(11)10-8-5-3-4-6-8;1-6(2)11-8(10)7-4-3-5-9-7;1-6(2)11-7(10)9-8(3,4)5;1-5(2)8-7(9)10-6(3)4;1-4-5-8-7(9)10-6(2)3;1-4-7-6(8)9-5(2)3;1-3(2)7-4(5)6;;;;;;;;;;;;/h8-9H,3-7H2,1-2H3,(H,11,12);3-8H,1-2H3,(H,11,12);4-7H,1-3H3;4-6,10H,1-3H3;7-8H,3-6H2,1-2H3,(H,10,11);3-6,9H,1-2H3;6H,1-5H3,(H,9,10);5-6H,1-4H3,(H,8,9);6H,4-5H2,1-3H3,(H,8,9);5H,4H2,1-3H3,(H,7,8);3H,1-2H3,(H2,5,6);12*1H4. The Balaban J connectivity index is -0.0000000730. The van der Waals surface area contributed by atoms with E-state index in [0.29, 0.717) is 42.3 Å². The van der Waals surface area contributed by atoms with Gasteiger partial charge < -0.3 is 104 Å². The molecule has 11 N–H and O–H groups in total. The fourth-order valence-electron chi connectivity index (χ4n) is 8.76. The number of carbonyl (C=O) groups is 11. The van der Waals surface area contributed by atoms with Crippen LogP contribution in [0.2, 0.25) is 0 Å². The number of primary amides is 1. The monoisotopic (exact) mass is 1900 g/mol. The number of nitrogens with two attached hydrogens (primary N) is 1. The number of aromatic amines is 2. The number of ether oxygens (including phenoxy) is 11. The third-order valence-electron chi connectivity index (χ3n) is 13.2. The summed E-state index contributed by atoms with van der Waals surface area (Å²) >= 11 is 0. The molecule has 132 heavy (non-hydrogen) atoms. The summed E-state index contributed by atoms with van der Waals surface area (Å²) in [6.07, 6.45) is 11.5. The molecule has 2 saturated carbocycles. The van der Waals surface area contributed by atoms with Gasteiger partial charge in [-0.25, -0.2) is 52.7 Å². The zero-order chi connectivity index (χ0) is 93.2. The van der Waals surface area contributed by atoms with Crippen LogP contribution in [0.3, 0.4) is 0 Å². The molecule has 0 spiro atoms. The molecule has 2 fully saturated rings. The van der Waals surface area contributed by atoms with Crippen LogP contribution in [0.25, 0.3) is 0 Å². The second kappa shape index (κ2) is 96.7. The second-order valence-corrected chi connectivity index (χ2v) is 31.4. The first-order valence-electron chi connectivity index (χ1n) is 41.5. The van der Waals surface area contributed by atoms with E-state index in [2.05, 4.69) is 57.7 Å². The summed E-state index contributed by atoms with van der Waals surface area (Å²) in [5.41, 5.74) is 7.72. The van der Waals surface area contributed by atoms with E-state index in [4.69, 9.17) is 47.4 Å². The zero-order valence-corrected chi connectivity index (χ0v) is 78.1. The average molecular weight is 1900 g/mol. The van der Waals surface area contributed by atoms with Crippen molar-refractivity contribution in [3.05, 3.63) is 102 Å². The van der Waals surface area contributed by atoms with Gasteiger partial charge in [-0.3, -0.25) is 5.32 Å². The van der Waals surface area contributed by atoms with Crippen LogP contribution in [-0.4, -0.2) is 185 Å². The minimum absolute atomic E-state index is 0. The molecule has 0 unspecified atom stereocenters. The number of hydrogen-bond donors (Lipinski definition) is 10. The summed E-state index contributed by atoms with van der Waals surface area (Å²) in [5.74, 6) is -0.861. The number of carbonyl (C=O) groups excluding carboxylic acids is 11. The van der Waals surface area contributed by atoms with Crippen LogP contribution in [0.1, 0.15) is 391 Å². The molecule has 6 rings (SSSR count). The van der Waals surface area contributed by atoms with Crippen molar-refractivity contribution in [3.8, 4) is 0 Å². The number of rotatable bonds is 21. The Labute approximate surface area is 804 Å². The van der Waals surface area contributed by atoms with Crippen molar-refractivity contribution >= 4 is 72.3 Å². The van der Waals surface area contributed by atoms with E-state index in [9.17, 15) is 52.7 Å². The van der Waals surface area contributed by atoms with Crippen molar-refractivity contribution < 1.29 is 105 Å². The molecule has 0 aliphatic heterocycles. The maximum absolute atomic E-state index is 11.3. The van der Waals surface area contributed by atoms with Gasteiger partial charge in [-0.2, -0.15) is 0 Å². The van der Waals surface area contributed by atoms with E-state index in [1.54, 1.807) is 48.9 Å². The topological polar surface area (TPSA) is 436 Å². The number of benzene rings is 1. The minimum Gasteiger partial charge on any atom is -0.458 e. The van der Waals surface area contributed by atoms with Gasteiger partial charge in [0.1, 0.15) is 17.1 Å². The van der Waals surface area contributed by atoms with Gasteiger partial charge in [-0.05, 0) is 281 Å². The fourth-order valence-corrected chi connectivity index (χ4v) is 8.76. The van der Waals surface area contributed by atoms with Gasteiger partial charge >= 0.3 is 66.7 Å². The Morgan fingerprint density at radius 3 is 1.05 bits per heavy atom. The first-order valence-corrected chi connectivity index (χ1v) is 41.5. The molecule has 8 amide bonds. The number of nitrogens with zero attached hydrogens (tertiary/aromatic N) is 1.